The quantitative estimate of drug-likeness (QED) is 0.162. The average molecular weight is 600 g/mol. The number of carbonyl (C=O) groups excluding carboxylic acids is 2. The zero-order chi connectivity index (χ0) is 30.4. The van der Waals surface area contributed by atoms with Crippen LogP contribution in [0, 0.1) is 0 Å². The number of rotatable bonds is 7. The van der Waals surface area contributed by atoms with Crippen LogP contribution in [0.3, 0.4) is 0 Å². The molecule has 1 heterocycles. The van der Waals surface area contributed by atoms with E-state index < -0.39 is 58.7 Å². The average Bonchev–Trinajstić information content (AvgIpc) is 2.66. The van der Waals surface area contributed by atoms with Gasteiger partial charge in [-0.3, -0.25) is 4.90 Å². The van der Waals surface area contributed by atoms with Gasteiger partial charge in [0.2, 0.25) is 5.79 Å². The molecule has 0 spiro atoms. The molecule has 0 unspecified atom stereocenters. The molecular formula is C24H36F3NO9SSi. The number of halogens is 3. The molecule has 0 radical (unpaired) electrons. The number of ether oxygens (including phenoxy) is 3. The lowest BCUT2D eigenvalue weighted by molar-refractivity contribution is -0.127. The molecule has 1 aromatic carbocycles. The van der Waals surface area contributed by atoms with Crippen molar-refractivity contribution in [1.82, 2.24) is 0 Å². The second-order valence-electron chi connectivity index (χ2n) is 11.9. The van der Waals surface area contributed by atoms with Crippen molar-refractivity contribution in [2.45, 2.75) is 90.4 Å². The number of hydrogen-bond acceptors (Lipinski definition) is 9. The van der Waals surface area contributed by atoms with Gasteiger partial charge in [-0.05, 0) is 38.9 Å². The topological polar surface area (TPSA) is 118 Å². The summed E-state index contributed by atoms with van der Waals surface area (Å²) in [6.07, 6.45) is -0.899. The number of cyclic esters (lactones) is 1. The zero-order valence-electron chi connectivity index (χ0n) is 23.7. The van der Waals surface area contributed by atoms with E-state index in [2.05, 4.69) is 4.18 Å². The van der Waals surface area contributed by atoms with Crippen molar-refractivity contribution >= 4 is 36.2 Å². The van der Waals surface area contributed by atoms with Crippen molar-refractivity contribution < 1.29 is 54.0 Å². The highest BCUT2D eigenvalue weighted by atomic mass is 32.2. The van der Waals surface area contributed by atoms with E-state index in [1.54, 1.807) is 20.8 Å². The summed E-state index contributed by atoms with van der Waals surface area (Å²) >= 11 is 0. The fourth-order valence-electron chi connectivity index (χ4n) is 3.06. The molecule has 1 amide bonds. The molecule has 222 valence electrons. The van der Waals surface area contributed by atoms with Crippen LogP contribution in [0.2, 0.25) is 18.1 Å². The second kappa shape index (κ2) is 10.5. The molecule has 2 rings (SSSR count). The Morgan fingerprint density at radius 2 is 1.62 bits per heavy atom. The summed E-state index contributed by atoms with van der Waals surface area (Å²) in [5.41, 5.74) is -7.59. The Morgan fingerprint density at radius 1 is 1.05 bits per heavy atom. The predicted molar refractivity (Wildman–Crippen MR) is 139 cm³/mol. The summed E-state index contributed by atoms with van der Waals surface area (Å²) in [5, 5.41) is -0.150. The van der Waals surface area contributed by atoms with Crippen LogP contribution in [0.25, 0.3) is 0 Å². The van der Waals surface area contributed by atoms with Crippen LogP contribution in [-0.4, -0.2) is 58.8 Å². The lowest BCUT2D eigenvalue weighted by atomic mass is 10.1. The largest absolute Gasteiger partial charge is 0.534 e. The zero-order valence-corrected chi connectivity index (χ0v) is 25.5. The van der Waals surface area contributed by atoms with E-state index in [9.17, 15) is 31.2 Å². The Labute approximate surface area is 227 Å². The van der Waals surface area contributed by atoms with Gasteiger partial charge in [-0.1, -0.05) is 20.8 Å². The van der Waals surface area contributed by atoms with Crippen LogP contribution in [0.4, 0.5) is 23.7 Å². The molecule has 0 saturated heterocycles. The summed E-state index contributed by atoms with van der Waals surface area (Å²) in [5.74, 6) is -4.10. The highest BCUT2D eigenvalue weighted by Gasteiger charge is 2.50. The second-order valence-corrected chi connectivity index (χ2v) is 18.3. The Bertz CT molecular complexity index is 1220. The van der Waals surface area contributed by atoms with Gasteiger partial charge >= 0.3 is 27.7 Å². The van der Waals surface area contributed by atoms with Gasteiger partial charge in [-0.25, -0.2) is 9.59 Å². The number of anilines is 1. The molecule has 1 aliphatic heterocycles. The number of amides is 1. The molecule has 0 aliphatic carbocycles. The van der Waals surface area contributed by atoms with Crippen molar-refractivity contribution in [3.05, 3.63) is 17.7 Å². The third kappa shape index (κ3) is 8.00. The number of fused-ring (bicyclic) bond motifs is 1. The van der Waals surface area contributed by atoms with E-state index in [1.807, 2.05) is 33.9 Å². The van der Waals surface area contributed by atoms with E-state index in [1.165, 1.54) is 19.9 Å². The number of esters is 1. The van der Waals surface area contributed by atoms with E-state index >= 15 is 0 Å². The minimum absolute atomic E-state index is 0.0260. The summed E-state index contributed by atoms with van der Waals surface area (Å²) in [6, 6.07) is 2.00. The first-order valence-corrected chi connectivity index (χ1v) is 16.3. The fraction of sp³-hybridized carbons (Fsp3) is 0.667. The van der Waals surface area contributed by atoms with Crippen molar-refractivity contribution in [3.8, 4) is 11.5 Å². The van der Waals surface area contributed by atoms with Crippen molar-refractivity contribution in [2.75, 3.05) is 18.1 Å². The minimum atomic E-state index is -6.20. The predicted octanol–water partition coefficient (Wildman–Crippen LogP) is 5.96. The van der Waals surface area contributed by atoms with Gasteiger partial charge in [-0.2, -0.15) is 21.6 Å². The third-order valence-corrected chi connectivity index (χ3v) is 11.4. The Hall–Kier alpha value is -2.52. The van der Waals surface area contributed by atoms with Crippen LogP contribution in [0.15, 0.2) is 12.1 Å². The maximum absolute atomic E-state index is 13.2. The number of nitrogens with zero attached hydrogens (tertiary/aromatic N) is 1. The van der Waals surface area contributed by atoms with Gasteiger partial charge in [0.25, 0.3) is 0 Å². The molecule has 15 heteroatoms. The molecule has 1 aromatic rings. The van der Waals surface area contributed by atoms with E-state index in [4.69, 9.17) is 18.6 Å². The highest BCUT2D eigenvalue weighted by Crippen LogP contribution is 2.43. The summed E-state index contributed by atoms with van der Waals surface area (Å²) in [4.78, 5) is 26.9. The number of hydrogen-bond donors (Lipinski definition) is 0. The first-order chi connectivity index (χ1) is 17.3. The molecule has 0 saturated carbocycles. The van der Waals surface area contributed by atoms with E-state index in [-0.39, 0.29) is 29.6 Å². The van der Waals surface area contributed by atoms with Crippen LogP contribution in [0.5, 0.6) is 11.5 Å². The maximum atomic E-state index is 13.2. The first-order valence-electron chi connectivity index (χ1n) is 12.0. The van der Waals surface area contributed by atoms with E-state index in [0.29, 0.717) is 0 Å². The van der Waals surface area contributed by atoms with E-state index in [0.717, 1.165) is 11.0 Å². The van der Waals surface area contributed by atoms with Gasteiger partial charge in [0.15, 0.2) is 14.1 Å². The van der Waals surface area contributed by atoms with Gasteiger partial charge in [0.05, 0.1) is 18.8 Å². The smallest absolute Gasteiger partial charge is 0.452 e. The fourth-order valence-corrected chi connectivity index (χ4v) is 4.55. The van der Waals surface area contributed by atoms with Crippen molar-refractivity contribution in [2.24, 2.45) is 0 Å². The SMILES string of the molecule is CC(C)(C)OC(=O)N(CCO[Si](C)(C)C(C)(C)C)c1cc2c(c(OS(=O)(=O)C(F)(F)F)c1)C(=O)OC(C)(C)O2. The standard InChI is InChI=1S/C24H36F3NO9SSi/c1-21(2,3)36-20(30)28(11-12-33-39(9,10)22(4,5)6)15-13-16-18(19(29)35-23(7,8)34-16)17(14-15)37-38(31,32)24(25,26)27/h13-14H,11-12H2,1-10H3. The summed E-state index contributed by atoms with van der Waals surface area (Å²) < 4.78 is 89.8. The Kier molecular flexibility index (Phi) is 8.77. The molecule has 39 heavy (non-hydrogen) atoms. The molecule has 0 N–H and O–H groups in total. The Morgan fingerprint density at radius 3 is 2.10 bits per heavy atom. The van der Waals surface area contributed by atoms with Gasteiger partial charge in [0.1, 0.15) is 16.9 Å². The number of alkyl halides is 3. The number of benzene rings is 1. The molecule has 0 aromatic heterocycles. The number of carbonyl (C=O) groups is 2. The monoisotopic (exact) mass is 599 g/mol. The lowest BCUT2D eigenvalue weighted by Crippen LogP contribution is -2.44. The molecule has 0 bridgehead atoms. The summed E-state index contributed by atoms with van der Waals surface area (Å²) in [7, 11) is -8.46. The molecule has 0 atom stereocenters. The van der Waals surface area contributed by atoms with Crippen molar-refractivity contribution in [1.29, 1.82) is 0 Å². The highest BCUT2D eigenvalue weighted by molar-refractivity contribution is 7.88. The van der Waals surface area contributed by atoms with Gasteiger partial charge in [0, 0.05) is 26.0 Å². The van der Waals surface area contributed by atoms with Crippen LogP contribution in [-0.2, 0) is 24.0 Å². The first kappa shape index (κ1) is 32.7. The normalized spacial score (nSPS) is 16.1. The van der Waals surface area contributed by atoms with Crippen LogP contribution >= 0.6 is 0 Å². The Balaban J connectivity index is 2.66. The lowest BCUT2D eigenvalue weighted by Gasteiger charge is -2.37. The molecular weight excluding hydrogens is 563 g/mol. The molecule has 10 nitrogen and oxygen atoms in total. The molecule has 0 fully saturated rings. The van der Waals surface area contributed by atoms with Crippen molar-refractivity contribution in [3.63, 3.8) is 0 Å². The third-order valence-electron chi connectivity index (χ3n) is 5.94. The van der Waals surface area contributed by atoms with Crippen LogP contribution in [0.1, 0.15) is 65.7 Å². The van der Waals surface area contributed by atoms with Crippen LogP contribution < -0.4 is 13.8 Å². The van der Waals surface area contributed by atoms with Gasteiger partial charge < -0.3 is 22.8 Å². The summed E-state index contributed by atoms with van der Waals surface area (Å²) in [6.45, 7) is 17.6. The minimum Gasteiger partial charge on any atom is -0.452 e. The molecule has 1 aliphatic rings. The maximum Gasteiger partial charge on any atom is 0.534 e. The van der Waals surface area contributed by atoms with Gasteiger partial charge in [-0.15, -0.1) is 0 Å².